The number of aryl methyl sites for hydroxylation is 1. The molecule has 172 valence electrons. The number of pyridine rings is 1. The van der Waals surface area contributed by atoms with E-state index in [1.807, 2.05) is 47.5 Å². The van der Waals surface area contributed by atoms with E-state index >= 15 is 0 Å². The first-order valence-corrected chi connectivity index (χ1v) is 11.7. The van der Waals surface area contributed by atoms with Gasteiger partial charge in [-0.3, -0.25) is 4.79 Å². The van der Waals surface area contributed by atoms with Gasteiger partial charge in [-0.25, -0.2) is 4.98 Å². The molecular formula is C28H33N3O2. The number of amides is 1. The van der Waals surface area contributed by atoms with Gasteiger partial charge in [-0.1, -0.05) is 18.2 Å². The maximum Gasteiger partial charge on any atom is 0.253 e. The van der Waals surface area contributed by atoms with Crippen LogP contribution in [0.25, 0.3) is 11.1 Å². The maximum atomic E-state index is 13.3. The molecule has 0 bridgehead atoms. The van der Waals surface area contributed by atoms with Gasteiger partial charge in [-0.15, -0.1) is 0 Å². The molecule has 1 fully saturated rings. The molecule has 0 spiro atoms. The molecule has 0 aliphatic carbocycles. The fraction of sp³-hybridized carbons (Fsp3) is 0.357. The Morgan fingerprint density at radius 2 is 1.79 bits per heavy atom. The number of hydrogen-bond acceptors (Lipinski definition) is 4. The van der Waals surface area contributed by atoms with Crippen molar-refractivity contribution in [1.29, 1.82) is 0 Å². The van der Waals surface area contributed by atoms with Crippen molar-refractivity contribution in [3.63, 3.8) is 0 Å². The Hall–Kier alpha value is -3.34. The van der Waals surface area contributed by atoms with Gasteiger partial charge in [0, 0.05) is 36.5 Å². The molecule has 0 radical (unpaired) electrons. The second kappa shape index (κ2) is 10.1. The van der Waals surface area contributed by atoms with Gasteiger partial charge in [0.2, 0.25) is 0 Å². The molecule has 1 saturated heterocycles. The summed E-state index contributed by atoms with van der Waals surface area (Å²) in [6, 6.07) is 18.7. The van der Waals surface area contributed by atoms with Crippen LogP contribution in [0.15, 0.2) is 60.8 Å². The van der Waals surface area contributed by atoms with Crippen LogP contribution in [0.2, 0.25) is 0 Å². The fourth-order valence-corrected chi connectivity index (χ4v) is 4.47. The molecule has 1 aromatic heterocycles. The van der Waals surface area contributed by atoms with E-state index in [1.54, 1.807) is 7.11 Å². The minimum Gasteiger partial charge on any atom is -0.497 e. The summed E-state index contributed by atoms with van der Waals surface area (Å²) in [5.41, 5.74) is 5.27. The second-order valence-electron chi connectivity index (χ2n) is 9.10. The van der Waals surface area contributed by atoms with Gasteiger partial charge in [0.25, 0.3) is 5.91 Å². The van der Waals surface area contributed by atoms with Gasteiger partial charge in [0.15, 0.2) is 0 Å². The van der Waals surface area contributed by atoms with Crippen LogP contribution in [-0.4, -0.2) is 42.0 Å². The van der Waals surface area contributed by atoms with Crippen molar-refractivity contribution in [3.05, 3.63) is 77.5 Å². The molecule has 3 aromatic rings. The molecule has 5 heteroatoms. The molecule has 1 aliphatic heterocycles. The molecular weight excluding hydrogens is 410 g/mol. The summed E-state index contributed by atoms with van der Waals surface area (Å²) in [6.45, 7) is 7.80. The predicted octanol–water partition coefficient (Wildman–Crippen LogP) is 5.91. The molecule has 0 atom stereocenters. The first kappa shape index (κ1) is 22.8. The number of anilines is 1. The van der Waals surface area contributed by atoms with Crippen molar-refractivity contribution in [2.24, 2.45) is 0 Å². The maximum absolute atomic E-state index is 13.3. The summed E-state index contributed by atoms with van der Waals surface area (Å²) in [5.74, 6) is 2.33. The van der Waals surface area contributed by atoms with Crippen molar-refractivity contribution >= 4 is 11.7 Å². The number of methoxy groups -OCH3 is 1. The van der Waals surface area contributed by atoms with Gasteiger partial charge in [0.1, 0.15) is 11.6 Å². The van der Waals surface area contributed by atoms with E-state index in [9.17, 15) is 4.79 Å². The van der Waals surface area contributed by atoms with Crippen molar-refractivity contribution in [2.45, 2.75) is 45.6 Å². The normalized spacial score (nSPS) is 14.4. The zero-order valence-corrected chi connectivity index (χ0v) is 20.0. The van der Waals surface area contributed by atoms with Gasteiger partial charge in [-0.2, -0.15) is 0 Å². The highest BCUT2D eigenvalue weighted by molar-refractivity contribution is 5.96. The van der Waals surface area contributed by atoms with Crippen molar-refractivity contribution in [2.75, 3.05) is 25.5 Å². The molecule has 2 aromatic carbocycles. The Morgan fingerprint density at radius 1 is 1.06 bits per heavy atom. The minimum absolute atomic E-state index is 0.107. The van der Waals surface area contributed by atoms with E-state index in [2.05, 4.69) is 49.3 Å². The Balaban J connectivity index is 1.44. The highest BCUT2D eigenvalue weighted by Gasteiger charge is 2.25. The molecule has 1 amide bonds. The lowest BCUT2D eigenvalue weighted by Crippen LogP contribution is -2.37. The van der Waals surface area contributed by atoms with E-state index < -0.39 is 0 Å². The molecule has 33 heavy (non-hydrogen) atoms. The number of aromatic nitrogens is 1. The molecule has 5 nitrogen and oxygen atoms in total. The lowest BCUT2D eigenvalue weighted by atomic mass is 9.89. The van der Waals surface area contributed by atoms with Gasteiger partial charge in [-0.05, 0) is 92.6 Å². The standard InChI is InChI=1S/C28H33N3O2/c1-19(2)30-27-12-9-24(18-29-27)26-17-23(6-5-20(26)3)28(32)31-15-13-22(14-16-31)21-7-10-25(33-4)11-8-21/h5-12,17-19,22H,13-16H2,1-4H3,(H,29,30). The Morgan fingerprint density at radius 3 is 2.39 bits per heavy atom. The van der Waals surface area contributed by atoms with Gasteiger partial charge in [0.05, 0.1) is 7.11 Å². The average Bonchev–Trinajstić information content (AvgIpc) is 2.84. The first-order chi connectivity index (χ1) is 15.9. The van der Waals surface area contributed by atoms with E-state index in [4.69, 9.17) is 4.74 Å². The first-order valence-electron chi connectivity index (χ1n) is 11.7. The number of nitrogens with one attached hydrogen (secondary N) is 1. The van der Waals surface area contributed by atoms with Crippen molar-refractivity contribution in [3.8, 4) is 16.9 Å². The lowest BCUT2D eigenvalue weighted by molar-refractivity contribution is 0.0713. The number of benzene rings is 2. The molecule has 1 aliphatic rings. The number of hydrogen-bond donors (Lipinski definition) is 1. The third kappa shape index (κ3) is 5.36. The fourth-order valence-electron chi connectivity index (χ4n) is 4.47. The highest BCUT2D eigenvalue weighted by Crippen LogP contribution is 2.31. The van der Waals surface area contributed by atoms with Crippen molar-refractivity contribution < 1.29 is 9.53 Å². The summed E-state index contributed by atoms with van der Waals surface area (Å²) in [6.07, 6.45) is 3.83. The summed E-state index contributed by atoms with van der Waals surface area (Å²) < 4.78 is 5.26. The summed E-state index contributed by atoms with van der Waals surface area (Å²) in [4.78, 5) is 19.8. The van der Waals surface area contributed by atoms with Crippen LogP contribution in [0, 0.1) is 6.92 Å². The third-order valence-corrected chi connectivity index (χ3v) is 6.36. The lowest BCUT2D eigenvalue weighted by Gasteiger charge is -2.32. The van der Waals surface area contributed by atoms with E-state index in [1.165, 1.54) is 5.56 Å². The average molecular weight is 444 g/mol. The zero-order valence-electron chi connectivity index (χ0n) is 20.0. The number of piperidine rings is 1. The number of carbonyl (C=O) groups is 1. The number of nitrogens with zero attached hydrogens (tertiary/aromatic N) is 2. The van der Waals surface area contributed by atoms with Crippen LogP contribution in [0.3, 0.4) is 0 Å². The van der Waals surface area contributed by atoms with Crippen LogP contribution in [0.4, 0.5) is 5.82 Å². The summed E-state index contributed by atoms with van der Waals surface area (Å²) >= 11 is 0. The van der Waals surface area contributed by atoms with Crippen LogP contribution < -0.4 is 10.1 Å². The van der Waals surface area contributed by atoms with Gasteiger partial charge >= 0.3 is 0 Å². The van der Waals surface area contributed by atoms with Crippen molar-refractivity contribution in [1.82, 2.24) is 9.88 Å². The van der Waals surface area contributed by atoms with E-state index in [-0.39, 0.29) is 5.91 Å². The monoisotopic (exact) mass is 443 g/mol. The van der Waals surface area contributed by atoms with E-state index in [0.717, 1.165) is 59.8 Å². The summed E-state index contributed by atoms with van der Waals surface area (Å²) in [7, 11) is 1.69. The largest absolute Gasteiger partial charge is 0.497 e. The number of carbonyl (C=O) groups excluding carboxylic acids is 1. The van der Waals surface area contributed by atoms with Gasteiger partial charge < -0.3 is 15.0 Å². The molecule has 0 saturated carbocycles. The Bertz CT molecular complexity index is 1080. The van der Waals surface area contributed by atoms with Crippen LogP contribution in [-0.2, 0) is 0 Å². The quantitative estimate of drug-likeness (QED) is 0.515. The molecule has 1 N–H and O–H groups in total. The molecule has 0 unspecified atom stereocenters. The number of likely N-dealkylation sites (tertiary alicyclic amines) is 1. The highest BCUT2D eigenvalue weighted by atomic mass is 16.5. The van der Waals surface area contributed by atoms with Crippen LogP contribution in [0.1, 0.15) is 54.1 Å². The smallest absolute Gasteiger partial charge is 0.253 e. The topological polar surface area (TPSA) is 54.5 Å². The third-order valence-electron chi connectivity index (χ3n) is 6.36. The van der Waals surface area contributed by atoms with E-state index in [0.29, 0.717) is 12.0 Å². The predicted molar refractivity (Wildman–Crippen MR) is 134 cm³/mol. The number of ether oxygens (including phenoxy) is 1. The zero-order chi connectivity index (χ0) is 23.4. The Labute approximate surface area is 196 Å². The Kier molecular flexibility index (Phi) is 6.97. The minimum atomic E-state index is 0.107. The molecule has 2 heterocycles. The van der Waals surface area contributed by atoms with Crippen LogP contribution >= 0.6 is 0 Å². The van der Waals surface area contributed by atoms with Crippen LogP contribution in [0.5, 0.6) is 5.75 Å². The molecule has 4 rings (SSSR count). The summed E-state index contributed by atoms with van der Waals surface area (Å²) in [5, 5.41) is 3.31. The SMILES string of the molecule is COc1ccc(C2CCN(C(=O)c3ccc(C)c(-c4ccc(NC(C)C)nc4)c3)CC2)cc1. The second-order valence-corrected chi connectivity index (χ2v) is 9.10. The number of rotatable bonds is 6.